The lowest BCUT2D eigenvalue weighted by molar-refractivity contribution is 0.394. The molecule has 0 fully saturated rings. The highest BCUT2D eigenvalue weighted by Crippen LogP contribution is 2.33. The Morgan fingerprint density at radius 3 is 2.50 bits per heavy atom. The maximum Gasteiger partial charge on any atom is 0.151 e. The van der Waals surface area contributed by atoms with Gasteiger partial charge in [0.2, 0.25) is 0 Å². The first-order valence-corrected chi connectivity index (χ1v) is 8.92. The molecule has 1 aromatic carbocycles. The Hall–Kier alpha value is -0.660. The van der Waals surface area contributed by atoms with Crippen LogP contribution in [0.2, 0.25) is 0 Å². The van der Waals surface area contributed by atoms with Gasteiger partial charge in [-0.3, -0.25) is 0 Å². The fourth-order valence-electron chi connectivity index (χ4n) is 1.96. The van der Waals surface area contributed by atoms with Gasteiger partial charge >= 0.3 is 0 Å². The van der Waals surface area contributed by atoms with Crippen molar-refractivity contribution in [2.75, 3.05) is 19.9 Å². The second-order valence-electron chi connectivity index (χ2n) is 4.58. The van der Waals surface area contributed by atoms with E-state index in [1.165, 1.54) is 19.4 Å². The molecular weight excluding hydrogens is 349 g/mol. The second-order valence-corrected chi connectivity index (χ2v) is 7.84. The largest absolute Gasteiger partial charge is 0.496 e. The van der Waals surface area contributed by atoms with Gasteiger partial charge in [0, 0.05) is 17.9 Å². The van der Waals surface area contributed by atoms with E-state index in [-0.39, 0.29) is 4.47 Å². The molecule has 20 heavy (non-hydrogen) atoms. The van der Waals surface area contributed by atoms with Gasteiger partial charge in [0.25, 0.3) is 0 Å². The van der Waals surface area contributed by atoms with Crippen molar-refractivity contribution in [2.45, 2.75) is 25.1 Å². The number of ether oxygens (including phenoxy) is 1. The average Bonchev–Trinajstić information content (AvgIpc) is 2.37. The van der Waals surface area contributed by atoms with Crippen molar-refractivity contribution in [3.8, 4) is 5.75 Å². The molecule has 7 heteroatoms. The summed E-state index contributed by atoms with van der Waals surface area (Å²) in [4.78, 5) is 0. The molecule has 0 bridgehead atoms. The number of nitrogens with one attached hydrogen (secondary N) is 1. The molecule has 2 unspecified atom stereocenters. The maximum atomic E-state index is 13.6. The lowest BCUT2D eigenvalue weighted by atomic mass is 10.0. The fourth-order valence-corrected chi connectivity index (χ4v) is 3.06. The van der Waals surface area contributed by atoms with Crippen LogP contribution in [0, 0.1) is 5.82 Å². The first-order valence-electron chi connectivity index (χ1n) is 6.17. The molecule has 0 amide bonds. The van der Waals surface area contributed by atoms with E-state index in [9.17, 15) is 12.8 Å². The fraction of sp³-hybridized carbons (Fsp3) is 0.538. The number of halogens is 2. The molecule has 0 aromatic heterocycles. The summed E-state index contributed by atoms with van der Waals surface area (Å²) in [5, 5.41) is 2.47. The average molecular weight is 368 g/mol. The van der Waals surface area contributed by atoms with E-state index in [0.29, 0.717) is 17.9 Å². The summed E-state index contributed by atoms with van der Waals surface area (Å²) in [6.07, 6.45) is 1.19. The van der Waals surface area contributed by atoms with E-state index in [1.807, 2.05) is 6.92 Å². The predicted molar refractivity (Wildman–Crippen MR) is 81.4 cm³/mol. The van der Waals surface area contributed by atoms with Gasteiger partial charge in [-0.1, -0.05) is 6.92 Å². The minimum absolute atomic E-state index is 0.275. The van der Waals surface area contributed by atoms with Crippen molar-refractivity contribution in [3.05, 3.63) is 28.0 Å². The predicted octanol–water partition coefficient (Wildman–Crippen LogP) is 2.68. The monoisotopic (exact) mass is 367 g/mol. The van der Waals surface area contributed by atoms with Gasteiger partial charge < -0.3 is 10.1 Å². The number of hydrogen-bond donors (Lipinski definition) is 1. The van der Waals surface area contributed by atoms with Crippen LogP contribution in [0.4, 0.5) is 4.39 Å². The number of rotatable bonds is 6. The van der Waals surface area contributed by atoms with E-state index in [2.05, 4.69) is 21.2 Å². The number of benzene rings is 1. The highest BCUT2D eigenvalue weighted by Gasteiger charge is 2.29. The molecule has 0 radical (unpaired) electrons. The molecule has 2 atom stereocenters. The smallest absolute Gasteiger partial charge is 0.151 e. The molecular formula is C13H19BrFNO3S. The SMILES string of the molecule is CCNC(c1cc(Br)c(F)cc1OC)C(C)S(C)(=O)=O. The van der Waals surface area contributed by atoms with Gasteiger partial charge in [0.1, 0.15) is 11.6 Å². The molecule has 0 saturated heterocycles. The summed E-state index contributed by atoms with van der Waals surface area (Å²) in [6, 6.07) is 2.34. The van der Waals surface area contributed by atoms with E-state index in [0.717, 1.165) is 0 Å². The summed E-state index contributed by atoms with van der Waals surface area (Å²) in [6.45, 7) is 4.09. The Labute approximate surface area is 127 Å². The highest BCUT2D eigenvalue weighted by atomic mass is 79.9. The molecule has 0 heterocycles. The zero-order valence-corrected chi connectivity index (χ0v) is 14.3. The van der Waals surface area contributed by atoms with Crippen LogP contribution in [-0.4, -0.2) is 33.6 Å². The van der Waals surface area contributed by atoms with Gasteiger partial charge in [-0.15, -0.1) is 0 Å². The molecule has 114 valence electrons. The zero-order valence-electron chi connectivity index (χ0n) is 11.9. The lowest BCUT2D eigenvalue weighted by Crippen LogP contribution is -2.35. The third-order valence-electron chi connectivity index (χ3n) is 3.18. The Balaban J connectivity index is 3.38. The van der Waals surface area contributed by atoms with Gasteiger partial charge in [-0.25, -0.2) is 12.8 Å². The van der Waals surface area contributed by atoms with Crippen molar-refractivity contribution in [1.82, 2.24) is 5.32 Å². The van der Waals surface area contributed by atoms with Crippen LogP contribution in [0.5, 0.6) is 5.75 Å². The number of hydrogen-bond acceptors (Lipinski definition) is 4. The molecule has 0 aliphatic rings. The summed E-state index contributed by atoms with van der Waals surface area (Å²) >= 11 is 3.12. The minimum Gasteiger partial charge on any atom is -0.496 e. The molecule has 0 aliphatic carbocycles. The zero-order chi connectivity index (χ0) is 15.5. The first-order chi connectivity index (χ1) is 9.22. The van der Waals surface area contributed by atoms with Crippen LogP contribution in [0.1, 0.15) is 25.5 Å². The second kappa shape index (κ2) is 6.87. The molecule has 0 saturated carbocycles. The Bertz CT molecular complexity index is 577. The summed E-state index contributed by atoms with van der Waals surface area (Å²) < 4.78 is 42.6. The number of methoxy groups -OCH3 is 1. The van der Waals surface area contributed by atoms with Crippen LogP contribution in [0.3, 0.4) is 0 Å². The topological polar surface area (TPSA) is 55.4 Å². The minimum atomic E-state index is -3.25. The van der Waals surface area contributed by atoms with Crippen molar-refractivity contribution in [3.63, 3.8) is 0 Å². The van der Waals surface area contributed by atoms with Crippen molar-refractivity contribution in [2.24, 2.45) is 0 Å². The van der Waals surface area contributed by atoms with Crippen molar-refractivity contribution in [1.29, 1.82) is 0 Å². The Morgan fingerprint density at radius 2 is 2.05 bits per heavy atom. The van der Waals surface area contributed by atoms with E-state index < -0.39 is 26.9 Å². The van der Waals surface area contributed by atoms with Gasteiger partial charge in [-0.05, 0) is 35.5 Å². The molecule has 0 aliphatic heterocycles. The van der Waals surface area contributed by atoms with Crippen LogP contribution in [0.15, 0.2) is 16.6 Å². The van der Waals surface area contributed by atoms with E-state index in [4.69, 9.17) is 4.74 Å². The molecule has 1 N–H and O–H groups in total. The quantitative estimate of drug-likeness (QED) is 0.839. The Kier molecular flexibility index (Phi) is 5.97. The third kappa shape index (κ3) is 3.93. The van der Waals surface area contributed by atoms with E-state index >= 15 is 0 Å². The maximum absolute atomic E-state index is 13.6. The van der Waals surface area contributed by atoms with Gasteiger partial charge in [0.15, 0.2) is 9.84 Å². The van der Waals surface area contributed by atoms with Gasteiger partial charge in [0.05, 0.1) is 22.9 Å². The van der Waals surface area contributed by atoms with Crippen LogP contribution in [-0.2, 0) is 9.84 Å². The highest BCUT2D eigenvalue weighted by molar-refractivity contribution is 9.10. The first kappa shape index (κ1) is 17.4. The molecule has 4 nitrogen and oxygen atoms in total. The standard InChI is InChI=1S/C13H19BrFNO3S/c1-5-16-13(8(2)20(4,17)18)9-6-10(14)11(15)7-12(9)19-3/h6-8,13,16H,5H2,1-4H3. The summed E-state index contributed by atoms with van der Waals surface area (Å²) in [5.74, 6) is -0.125. The van der Waals surface area contributed by atoms with Crippen LogP contribution in [0.25, 0.3) is 0 Å². The normalized spacial score (nSPS) is 14.9. The van der Waals surface area contributed by atoms with Gasteiger partial charge in [-0.2, -0.15) is 0 Å². The molecule has 1 rings (SSSR count). The number of sulfone groups is 1. The van der Waals surface area contributed by atoms with Crippen LogP contribution >= 0.6 is 15.9 Å². The van der Waals surface area contributed by atoms with Crippen molar-refractivity contribution >= 4 is 25.8 Å². The lowest BCUT2D eigenvalue weighted by Gasteiger charge is -2.26. The Morgan fingerprint density at radius 1 is 1.45 bits per heavy atom. The third-order valence-corrected chi connectivity index (χ3v) is 5.41. The van der Waals surface area contributed by atoms with Crippen LogP contribution < -0.4 is 10.1 Å². The van der Waals surface area contributed by atoms with E-state index in [1.54, 1.807) is 13.0 Å². The summed E-state index contributed by atoms with van der Waals surface area (Å²) in [5.41, 5.74) is 0.612. The summed E-state index contributed by atoms with van der Waals surface area (Å²) in [7, 11) is -1.82. The molecule has 0 spiro atoms. The van der Waals surface area contributed by atoms with Crippen molar-refractivity contribution < 1.29 is 17.5 Å². The molecule has 1 aromatic rings.